The predicted molar refractivity (Wildman–Crippen MR) is 248 cm³/mol. The molecule has 0 N–H and O–H groups in total. The number of anilines is 5. The molecule has 2 aliphatic heterocycles. The van der Waals surface area contributed by atoms with E-state index in [1.807, 2.05) is 0 Å². The Kier molecular flexibility index (Phi) is 7.54. The van der Waals surface area contributed by atoms with Crippen molar-refractivity contribution in [1.29, 1.82) is 0 Å². The molecule has 0 fully saturated rings. The topological polar surface area (TPSA) is 6.48 Å². The maximum atomic E-state index is 2.56. The van der Waals surface area contributed by atoms with E-state index in [1.54, 1.807) is 0 Å². The highest BCUT2D eigenvalue weighted by atomic mass is 15.2. The van der Waals surface area contributed by atoms with Crippen LogP contribution in [0.4, 0.5) is 28.4 Å². The van der Waals surface area contributed by atoms with Crippen molar-refractivity contribution in [3.8, 4) is 11.1 Å². The Morgan fingerprint density at radius 1 is 0.475 bits per heavy atom. The molecule has 0 amide bonds. The normalized spacial score (nSPS) is 16.4. The molecule has 8 aromatic carbocycles. The van der Waals surface area contributed by atoms with Crippen LogP contribution in [0.1, 0.15) is 70.3 Å². The summed E-state index contributed by atoms with van der Waals surface area (Å²) in [6, 6.07) is 64.1. The molecule has 0 saturated heterocycles. The standard InChI is InChI=1S/C57H46N2/c1-56(2)48-20-8-11-23-54(48)59(55-24-12-9-21-49(55)56)53-32-28-39(44-18-6-7-19-47(44)53)27-25-38-26-30-45-46-31-29-43(58-33-13-17-40-14-5-10-22-52(40)58)35-51(46)57(50(45)34-38)36-41-15-3-4-16-42(41)37-57/h3-12,14-16,18-32,34-35H,13,17,33,36-37H2,1-2H3. The van der Waals surface area contributed by atoms with E-state index in [0.29, 0.717) is 0 Å². The van der Waals surface area contributed by atoms with Crippen LogP contribution in [-0.4, -0.2) is 6.54 Å². The number of hydrogen-bond donors (Lipinski definition) is 0. The summed E-state index contributed by atoms with van der Waals surface area (Å²) >= 11 is 0. The van der Waals surface area contributed by atoms with Gasteiger partial charge in [0.1, 0.15) is 0 Å². The third-order valence-corrected chi connectivity index (χ3v) is 14.2. The van der Waals surface area contributed by atoms with E-state index >= 15 is 0 Å². The number of benzene rings is 8. The van der Waals surface area contributed by atoms with Crippen molar-refractivity contribution in [3.05, 3.63) is 220 Å². The number of nitrogens with zero attached hydrogens (tertiary/aromatic N) is 2. The summed E-state index contributed by atoms with van der Waals surface area (Å²) in [7, 11) is 0. The molecule has 0 atom stereocenters. The maximum Gasteiger partial charge on any atom is 0.0540 e. The molecular weight excluding hydrogens is 713 g/mol. The van der Waals surface area contributed by atoms with Crippen molar-refractivity contribution in [2.24, 2.45) is 0 Å². The number of para-hydroxylation sites is 3. The van der Waals surface area contributed by atoms with Gasteiger partial charge in [-0.15, -0.1) is 0 Å². The van der Waals surface area contributed by atoms with Gasteiger partial charge < -0.3 is 9.80 Å². The van der Waals surface area contributed by atoms with Crippen LogP contribution in [0.5, 0.6) is 0 Å². The number of aryl methyl sites for hydroxylation is 1. The average Bonchev–Trinajstić information content (AvgIpc) is 3.80. The Morgan fingerprint density at radius 2 is 1.07 bits per heavy atom. The Labute approximate surface area is 347 Å². The van der Waals surface area contributed by atoms with Crippen LogP contribution in [0, 0.1) is 0 Å². The van der Waals surface area contributed by atoms with E-state index < -0.39 is 0 Å². The minimum absolute atomic E-state index is 0.0898. The second-order valence-electron chi connectivity index (χ2n) is 17.7. The van der Waals surface area contributed by atoms with Crippen molar-refractivity contribution in [2.45, 2.75) is 50.4 Å². The lowest BCUT2D eigenvalue weighted by Gasteiger charge is -2.42. The Balaban J connectivity index is 0.944. The second kappa shape index (κ2) is 12.9. The van der Waals surface area contributed by atoms with Gasteiger partial charge in [0.15, 0.2) is 0 Å². The number of rotatable bonds is 4. The molecule has 0 bridgehead atoms. The van der Waals surface area contributed by atoms with Gasteiger partial charge in [0.2, 0.25) is 0 Å². The number of hydrogen-bond acceptors (Lipinski definition) is 2. The van der Waals surface area contributed by atoms with E-state index in [1.165, 1.54) is 107 Å². The fourth-order valence-corrected chi connectivity index (χ4v) is 11.3. The maximum absolute atomic E-state index is 2.56. The Morgan fingerprint density at radius 3 is 1.80 bits per heavy atom. The van der Waals surface area contributed by atoms with Crippen molar-refractivity contribution >= 4 is 51.4 Å². The molecule has 4 aliphatic rings. The summed E-state index contributed by atoms with van der Waals surface area (Å²) in [5.41, 5.74) is 21.5. The molecule has 2 nitrogen and oxygen atoms in total. The van der Waals surface area contributed by atoms with Gasteiger partial charge in [-0.2, -0.15) is 0 Å². The average molecular weight is 759 g/mol. The minimum Gasteiger partial charge on any atom is -0.341 e. The smallest absolute Gasteiger partial charge is 0.0540 e. The fourth-order valence-electron chi connectivity index (χ4n) is 11.3. The molecule has 0 unspecified atom stereocenters. The van der Waals surface area contributed by atoms with Crippen molar-refractivity contribution in [2.75, 3.05) is 16.3 Å². The third kappa shape index (κ3) is 5.12. The van der Waals surface area contributed by atoms with Crippen LogP contribution in [0.2, 0.25) is 0 Å². The zero-order chi connectivity index (χ0) is 39.3. The Bertz CT molecular complexity index is 2960. The summed E-state index contributed by atoms with van der Waals surface area (Å²) in [6.07, 6.45) is 9.06. The molecule has 2 heteroatoms. The Hall–Kier alpha value is -6.64. The van der Waals surface area contributed by atoms with E-state index in [9.17, 15) is 0 Å². The SMILES string of the molecule is CC1(C)c2ccccc2N(c2ccc(C=Cc3ccc4c(c3)C3(Cc5ccccc5C3)c3cc(N5CCCc6ccccc65)ccc3-4)c3ccccc23)c2ccccc21. The number of fused-ring (bicyclic) bond motifs is 10. The van der Waals surface area contributed by atoms with Crippen molar-refractivity contribution < 1.29 is 0 Å². The van der Waals surface area contributed by atoms with E-state index in [4.69, 9.17) is 0 Å². The fraction of sp³-hybridized carbons (Fsp3) is 0.158. The zero-order valence-electron chi connectivity index (χ0n) is 33.8. The van der Waals surface area contributed by atoms with Gasteiger partial charge in [-0.25, -0.2) is 0 Å². The highest BCUT2D eigenvalue weighted by Gasteiger charge is 2.47. The predicted octanol–water partition coefficient (Wildman–Crippen LogP) is 14.3. The van der Waals surface area contributed by atoms with Gasteiger partial charge in [-0.1, -0.05) is 159 Å². The van der Waals surface area contributed by atoms with Crippen LogP contribution < -0.4 is 9.80 Å². The summed E-state index contributed by atoms with van der Waals surface area (Å²) in [5.74, 6) is 0. The minimum atomic E-state index is -0.0961. The second-order valence-corrected chi connectivity index (χ2v) is 17.7. The quantitative estimate of drug-likeness (QED) is 0.165. The first-order valence-corrected chi connectivity index (χ1v) is 21.4. The summed E-state index contributed by atoms with van der Waals surface area (Å²) in [4.78, 5) is 5.05. The lowest BCUT2D eigenvalue weighted by Crippen LogP contribution is -2.30. The van der Waals surface area contributed by atoms with Crippen molar-refractivity contribution in [1.82, 2.24) is 0 Å². The largest absolute Gasteiger partial charge is 0.341 e. The van der Waals surface area contributed by atoms with Gasteiger partial charge in [-0.3, -0.25) is 0 Å². The third-order valence-electron chi connectivity index (χ3n) is 14.2. The van der Waals surface area contributed by atoms with Crippen LogP contribution in [0.25, 0.3) is 34.1 Å². The van der Waals surface area contributed by atoms with Crippen LogP contribution in [-0.2, 0) is 30.1 Å². The lowest BCUT2D eigenvalue weighted by atomic mass is 9.73. The van der Waals surface area contributed by atoms with E-state index in [2.05, 4.69) is 206 Å². The van der Waals surface area contributed by atoms with Crippen LogP contribution in [0.15, 0.2) is 170 Å². The molecule has 8 aromatic rings. The van der Waals surface area contributed by atoms with Crippen molar-refractivity contribution in [3.63, 3.8) is 0 Å². The van der Waals surface area contributed by atoms with Gasteiger partial charge in [0.05, 0.1) is 17.1 Å². The highest BCUT2D eigenvalue weighted by molar-refractivity contribution is 6.05. The zero-order valence-corrected chi connectivity index (χ0v) is 33.8. The van der Waals surface area contributed by atoms with Gasteiger partial charge in [0, 0.05) is 34.1 Å². The molecule has 1 spiro atoms. The molecule has 12 rings (SSSR count). The molecule has 284 valence electrons. The monoisotopic (exact) mass is 758 g/mol. The molecular formula is C57H46N2. The van der Waals surface area contributed by atoms with Crippen LogP contribution in [0.3, 0.4) is 0 Å². The van der Waals surface area contributed by atoms with Gasteiger partial charge in [0.25, 0.3) is 0 Å². The molecule has 0 aromatic heterocycles. The van der Waals surface area contributed by atoms with E-state index in [0.717, 1.165) is 25.8 Å². The summed E-state index contributed by atoms with van der Waals surface area (Å²) in [6.45, 7) is 5.76. The molecule has 0 radical (unpaired) electrons. The summed E-state index contributed by atoms with van der Waals surface area (Å²) < 4.78 is 0. The highest BCUT2D eigenvalue weighted by Crippen LogP contribution is 2.57. The summed E-state index contributed by atoms with van der Waals surface area (Å²) in [5, 5.41) is 2.50. The first kappa shape index (κ1) is 34.4. The molecule has 2 heterocycles. The van der Waals surface area contributed by atoms with Gasteiger partial charge in [-0.05, 0) is 129 Å². The van der Waals surface area contributed by atoms with Gasteiger partial charge >= 0.3 is 0 Å². The first-order chi connectivity index (χ1) is 29.0. The van der Waals surface area contributed by atoms with Crippen LogP contribution >= 0.6 is 0 Å². The molecule has 59 heavy (non-hydrogen) atoms. The van der Waals surface area contributed by atoms with E-state index in [-0.39, 0.29) is 10.8 Å². The lowest BCUT2D eigenvalue weighted by molar-refractivity contribution is 0.563. The molecule has 2 aliphatic carbocycles. The molecule has 0 saturated carbocycles. The first-order valence-electron chi connectivity index (χ1n) is 21.4.